The average Bonchev–Trinajstić information content (AvgIpc) is 3.18. The van der Waals surface area contributed by atoms with E-state index in [2.05, 4.69) is 47.1 Å². The number of nitrogens with zero attached hydrogens (tertiary/aromatic N) is 5. The number of aromatic nitrogens is 1. The number of carbonyl (C=O) groups excluding carboxylic acids is 1. The molecule has 2 fully saturated rings. The third-order valence-corrected chi connectivity index (χ3v) is 8.48. The number of benzene rings is 1. The topological polar surface area (TPSA) is 72.6 Å². The number of rotatable bonds is 9. The van der Waals surface area contributed by atoms with Gasteiger partial charge in [-0.05, 0) is 37.0 Å². The van der Waals surface area contributed by atoms with Crippen LogP contribution in [-0.2, 0) is 17.9 Å². The van der Waals surface area contributed by atoms with Crippen LogP contribution in [0.1, 0.15) is 55.4 Å². The summed E-state index contributed by atoms with van der Waals surface area (Å²) < 4.78 is 2.32. The fraction of sp³-hybridized carbons (Fsp3) is 0.448. The van der Waals surface area contributed by atoms with Gasteiger partial charge >= 0.3 is 0 Å². The Hall–Kier alpha value is -2.93. The van der Waals surface area contributed by atoms with Crippen molar-refractivity contribution in [2.45, 2.75) is 53.1 Å². The molecule has 0 bridgehead atoms. The van der Waals surface area contributed by atoms with Gasteiger partial charge in [-0.2, -0.15) is 5.26 Å². The highest BCUT2D eigenvalue weighted by Gasteiger charge is 2.33. The predicted molar refractivity (Wildman–Crippen MR) is 159 cm³/mol. The Kier molecular flexibility index (Phi) is 9.42. The molecule has 38 heavy (non-hydrogen) atoms. The Balaban J connectivity index is 1.74. The normalized spacial score (nSPS) is 17.5. The Morgan fingerprint density at radius 2 is 1.76 bits per heavy atom. The quantitative estimate of drug-likeness (QED) is 0.330. The molecule has 0 saturated carbocycles. The van der Waals surface area contributed by atoms with Crippen molar-refractivity contribution in [2.75, 3.05) is 37.6 Å². The summed E-state index contributed by atoms with van der Waals surface area (Å²) in [5.74, 6) is 0.699. The molecule has 0 N–H and O–H groups in total. The minimum Gasteiger partial charge on any atom is -0.355 e. The van der Waals surface area contributed by atoms with Gasteiger partial charge in [0, 0.05) is 51.4 Å². The van der Waals surface area contributed by atoms with E-state index in [1.807, 2.05) is 26.0 Å². The van der Waals surface area contributed by atoms with Crippen LogP contribution in [0, 0.1) is 18.3 Å². The van der Waals surface area contributed by atoms with Crippen molar-refractivity contribution in [3.8, 4) is 6.07 Å². The molecule has 1 aromatic heterocycles. The van der Waals surface area contributed by atoms with Gasteiger partial charge in [-0.15, -0.1) is 0 Å². The second-order valence-corrected chi connectivity index (χ2v) is 11.4. The number of pyridine rings is 1. The molecule has 7 nitrogen and oxygen atoms in total. The minimum absolute atomic E-state index is 0.107. The number of unbranched alkanes of at least 4 members (excludes halogenated alkanes) is 1. The van der Waals surface area contributed by atoms with Crippen LogP contribution in [0.4, 0.5) is 5.82 Å². The molecular weight excluding hydrogens is 514 g/mol. The van der Waals surface area contributed by atoms with Gasteiger partial charge in [0.15, 0.2) is 0 Å². The Labute approximate surface area is 234 Å². The van der Waals surface area contributed by atoms with Crippen LogP contribution in [-0.4, -0.2) is 57.3 Å². The highest BCUT2D eigenvalue weighted by molar-refractivity contribution is 8.26. The van der Waals surface area contributed by atoms with Crippen molar-refractivity contribution in [1.29, 1.82) is 5.26 Å². The first-order valence-electron chi connectivity index (χ1n) is 13.3. The van der Waals surface area contributed by atoms with Crippen molar-refractivity contribution in [3.63, 3.8) is 0 Å². The number of thioether (sulfide) groups is 1. The maximum Gasteiger partial charge on any atom is 0.270 e. The van der Waals surface area contributed by atoms with Gasteiger partial charge in [-0.1, -0.05) is 74.6 Å². The molecule has 0 spiro atoms. The summed E-state index contributed by atoms with van der Waals surface area (Å²) in [6.07, 6.45) is 4.43. The monoisotopic (exact) mass is 549 g/mol. The van der Waals surface area contributed by atoms with E-state index in [9.17, 15) is 14.9 Å². The summed E-state index contributed by atoms with van der Waals surface area (Å²) in [7, 11) is 0. The fourth-order valence-corrected chi connectivity index (χ4v) is 6.31. The minimum atomic E-state index is -0.254. The van der Waals surface area contributed by atoms with E-state index in [4.69, 9.17) is 12.2 Å². The third-order valence-electron chi connectivity index (χ3n) is 7.10. The SMILES string of the molecule is CCCCn1c(N2CCN(Cc3ccccc3)CC2)c(C=C2SC(=S)N(CCC)C2=O)c(C)c(C#N)c1=O. The van der Waals surface area contributed by atoms with Gasteiger partial charge in [0.1, 0.15) is 21.8 Å². The number of carbonyl (C=O) groups is 1. The van der Waals surface area contributed by atoms with Gasteiger partial charge in [0.2, 0.25) is 0 Å². The molecule has 0 unspecified atom stereocenters. The van der Waals surface area contributed by atoms with E-state index >= 15 is 0 Å². The van der Waals surface area contributed by atoms with Gasteiger partial charge in [0.25, 0.3) is 11.5 Å². The van der Waals surface area contributed by atoms with E-state index in [0.717, 1.165) is 63.4 Å². The van der Waals surface area contributed by atoms with E-state index in [-0.39, 0.29) is 17.0 Å². The van der Waals surface area contributed by atoms with Gasteiger partial charge in [-0.3, -0.25) is 24.0 Å². The number of thiocarbonyl (C=S) groups is 1. The molecule has 2 aromatic rings. The van der Waals surface area contributed by atoms with Crippen molar-refractivity contribution in [2.24, 2.45) is 0 Å². The standard InChI is InChI=1S/C29H35N5O2S2/c1-4-6-13-33-26(32-16-14-31(15-17-32)20-22-10-8-7-9-11-22)23(21(3)24(19-30)27(33)35)18-25-28(36)34(12-5-2)29(37)38-25/h7-11,18H,4-6,12-17,20H2,1-3H3. The molecule has 0 aliphatic carbocycles. The number of hydrogen-bond donors (Lipinski definition) is 0. The number of nitriles is 1. The molecule has 200 valence electrons. The Morgan fingerprint density at radius 1 is 1.05 bits per heavy atom. The van der Waals surface area contributed by atoms with E-state index in [0.29, 0.717) is 27.9 Å². The number of hydrogen-bond acceptors (Lipinski definition) is 7. The van der Waals surface area contributed by atoms with Crippen LogP contribution in [0.5, 0.6) is 0 Å². The molecule has 2 saturated heterocycles. The molecule has 2 aliphatic rings. The molecule has 9 heteroatoms. The fourth-order valence-electron chi connectivity index (χ4n) is 5.02. The summed E-state index contributed by atoms with van der Waals surface area (Å²) in [5, 5.41) is 9.91. The van der Waals surface area contributed by atoms with Crippen LogP contribution in [0.2, 0.25) is 0 Å². The molecule has 0 radical (unpaired) electrons. The highest BCUT2D eigenvalue weighted by atomic mass is 32.2. The molecule has 2 aliphatic heterocycles. The summed E-state index contributed by atoms with van der Waals surface area (Å²) >= 11 is 6.79. The lowest BCUT2D eigenvalue weighted by atomic mass is 10.0. The zero-order valence-electron chi connectivity index (χ0n) is 22.4. The van der Waals surface area contributed by atoms with Crippen LogP contribution >= 0.6 is 24.0 Å². The smallest absolute Gasteiger partial charge is 0.270 e. The van der Waals surface area contributed by atoms with Crippen LogP contribution < -0.4 is 10.5 Å². The first kappa shape index (κ1) is 28.1. The zero-order valence-corrected chi connectivity index (χ0v) is 24.0. The number of piperazine rings is 1. The number of anilines is 1. The molecule has 0 atom stereocenters. The first-order chi connectivity index (χ1) is 18.4. The molecule has 3 heterocycles. The van der Waals surface area contributed by atoms with Crippen molar-refractivity contribution in [3.05, 3.63) is 67.8 Å². The zero-order chi connectivity index (χ0) is 27.2. The van der Waals surface area contributed by atoms with Gasteiger partial charge < -0.3 is 4.90 Å². The summed E-state index contributed by atoms with van der Waals surface area (Å²) in [6.45, 7) is 11.1. The Bertz CT molecular complexity index is 1320. The van der Waals surface area contributed by atoms with Crippen LogP contribution in [0.15, 0.2) is 40.0 Å². The highest BCUT2D eigenvalue weighted by Crippen LogP contribution is 2.36. The second-order valence-electron chi connectivity index (χ2n) is 9.74. The lowest BCUT2D eigenvalue weighted by Gasteiger charge is -2.38. The summed E-state index contributed by atoms with van der Waals surface area (Å²) in [6, 6.07) is 12.6. The van der Waals surface area contributed by atoms with Crippen LogP contribution in [0.3, 0.4) is 0 Å². The van der Waals surface area contributed by atoms with E-state index in [1.54, 1.807) is 9.47 Å². The van der Waals surface area contributed by atoms with Gasteiger partial charge in [0.05, 0.1) is 4.91 Å². The lowest BCUT2D eigenvalue weighted by Crippen LogP contribution is -2.48. The summed E-state index contributed by atoms with van der Waals surface area (Å²) in [4.78, 5) is 33.6. The van der Waals surface area contributed by atoms with Gasteiger partial charge in [-0.25, -0.2) is 0 Å². The van der Waals surface area contributed by atoms with Crippen molar-refractivity contribution < 1.29 is 4.79 Å². The van der Waals surface area contributed by atoms with E-state index in [1.165, 1.54) is 17.3 Å². The molecule has 1 aromatic carbocycles. The average molecular weight is 550 g/mol. The molecular formula is C29H35N5O2S2. The molecule has 1 amide bonds. The van der Waals surface area contributed by atoms with Crippen LogP contribution in [0.25, 0.3) is 6.08 Å². The maximum absolute atomic E-state index is 13.5. The number of amides is 1. The first-order valence-corrected chi connectivity index (χ1v) is 14.6. The lowest BCUT2D eigenvalue weighted by molar-refractivity contribution is -0.122. The Morgan fingerprint density at radius 3 is 2.39 bits per heavy atom. The summed E-state index contributed by atoms with van der Waals surface area (Å²) in [5.41, 5.74) is 2.56. The third kappa shape index (κ3) is 5.88. The largest absolute Gasteiger partial charge is 0.355 e. The van der Waals surface area contributed by atoms with Crippen molar-refractivity contribution >= 4 is 46.1 Å². The van der Waals surface area contributed by atoms with E-state index < -0.39 is 0 Å². The maximum atomic E-state index is 13.5. The molecule has 4 rings (SSSR count). The predicted octanol–water partition coefficient (Wildman–Crippen LogP) is 4.76. The second kappa shape index (κ2) is 12.7. The van der Waals surface area contributed by atoms with Crippen molar-refractivity contribution in [1.82, 2.24) is 14.4 Å².